The monoisotopic (exact) mass is 399 g/mol. The second-order valence-corrected chi connectivity index (χ2v) is 9.81. The molecule has 0 atom stereocenters. The fourth-order valence-electron chi connectivity index (χ4n) is 3.22. The van der Waals surface area contributed by atoms with Gasteiger partial charge in [-0.25, -0.2) is 8.42 Å². The van der Waals surface area contributed by atoms with Gasteiger partial charge < -0.3 is 4.90 Å². The number of benzene rings is 1. The molecule has 1 fully saturated rings. The summed E-state index contributed by atoms with van der Waals surface area (Å²) in [7, 11) is -3.38. The number of carbonyl (C=O) groups is 1. The van der Waals surface area contributed by atoms with Crippen molar-refractivity contribution >= 4 is 27.3 Å². The van der Waals surface area contributed by atoms with Gasteiger partial charge in [0.2, 0.25) is 5.91 Å². The van der Waals surface area contributed by atoms with Gasteiger partial charge in [-0.05, 0) is 30.7 Å². The van der Waals surface area contributed by atoms with Gasteiger partial charge in [-0.3, -0.25) is 4.79 Å². The molecule has 0 saturated carbocycles. The molecule has 1 aliphatic rings. The number of rotatable bonds is 11. The Morgan fingerprint density at radius 2 is 1.54 bits per heavy atom. The summed E-state index contributed by atoms with van der Waals surface area (Å²) in [6.45, 7) is 2.83. The number of unbranched alkanes of at least 4 members (excludes halogenated alkanes) is 7. The van der Waals surface area contributed by atoms with Crippen LogP contribution < -0.4 is 0 Å². The minimum atomic E-state index is -3.38. The van der Waals surface area contributed by atoms with Crippen molar-refractivity contribution in [3.05, 3.63) is 29.3 Å². The van der Waals surface area contributed by atoms with Crippen molar-refractivity contribution in [2.75, 3.05) is 13.1 Å². The van der Waals surface area contributed by atoms with Crippen LogP contribution in [0.3, 0.4) is 0 Å². The maximum absolute atomic E-state index is 12.5. The Kier molecular flexibility index (Phi) is 8.42. The van der Waals surface area contributed by atoms with E-state index in [1.807, 2.05) is 0 Å². The molecule has 0 bridgehead atoms. The first-order chi connectivity index (χ1) is 12.4. The van der Waals surface area contributed by atoms with Crippen LogP contribution in [0.25, 0.3) is 0 Å². The van der Waals surface area contributed by atoms with Crippen molar-refractivity contribution in [3.63, 3.8) is 0 Å². The number of amides is 1. The third kappa shape index (κ3) is 5.98. The van der Waals surface area contributed by atoms with E-state index in [4.69, 9.17) is 11.6 Å². The molecule has 1 aromatic rings. The highest BCUT2D eigenvalue weighted by molar-refractivity contribution is 7.92. The first kappa shape index (κ1) is 21.2. The lowest BCUT2D eigenvalue weighted by Crippen LogP contribution is -2.56. The van der Waals surface area contributed by atoms with Gasteiger partial charge in [-0.2, -0.15) is 0 Å². The van der Waals surface area contributed by atoms with E-state index in [-0.39, 0.29) is 10.8 Å². The Morgan fingerprint density at radius 1 is 1.00 bits per heavy atom. The molecule has 0 radical (unpaired) electrons. The molecule has 1 saturated heterocycles. The molecule has 1 aliphatic heterocycles. The molecule has 4 nitrogen and oxygen atoms in total. The van der Waals surface area contributed by atoms with Gasteiger partial charge in [-0.1, -0.05) is 63.5 Å². The average molecular weight is 400 g/mol. The van der Waals surface area contributed by atoms with E-state index in [0.29, 0.717) is 24.5 Å². The second kappa shape index (κ2) is 10.3. The van der Waals surface area contributed by atoms with Crippen LogP contribution in [0, 0.1) is 0 Å². The zero-order valence-electron chi connectivity index (χ0n) is 15.6. The number of likely N-dealkylation sites (tertiary alicyclic amines) is 1. The van der Waals surface area contributed by atoms with Crippen LogP contribution in [0.1, 0.15) is 64.7 Å². The van der Waals surface area contributed by atoms with E-state index in [2.05, 4.69) is 6.92 Å². The number of carbonyl (C=O) groups excluding carboxylic acids is 1. The zero-order chi connectivity index (χ0) is 19.0. The number of hydrogen-bond donors (Lipinski definition) is 0. The normalized spacial score (nSPS) is 15.1. The lowest BCUT2D eigenvalue weighted by Gasteiger charge is -2.38. The molecule has 0 N–H and O–H groups in total. The molecule has 0 unspecified atom stereocenters. The Bertz CT molecular complexity index is 667. The fourth-order valence-corrected chi connectivity index (χ4v) is 5.00. The number of nitrogens with zero attached hydrogens (tertiary/aromatic N) is 1. The number of halogens is 1. The van der Waals surface area contributed by atoms with Gasteiger partial charge in [0.05, 0.1) is 4.90 Å². The Labute approximate surface area is 162 Å². The fraction of sp³-hybridized carbons (Fsp3) is 0.650. The van der Waals surface area contributed by atoms with Crippen LogP contribution in [0.15, 0.2) is 29.2 Å². The highest BCUT2D eigenvalue weighted by Crippen LogP contribution is 2.25. The van der Waals surface area contributed by atoms with E-state index < -0.39 is 15.1 Å². The summed E-state index contributed by atoms with van der Waals surface area (Å²) >= 11 is 5.81. The summed E-state index contributed by atoms with van der Waals surface area (Å²) in [4.78, 5) is 14.1. The first-order valence-corrected chi connectivity index (χ1v) is 11.6. The standard InChI is InChI=1S/C20H30ClNO3S/c1-2-3-4-5-6-7-8-9-10-20(23)22-15-19(16-22)26(24,25)18-13-11-17(21)12-14-18/h11-14,19H,2-10,15-16H2,1H3. The Morgan fingerprint density at radius 3 is 2.12 bits per heavy atom. The summed E-state index contributed by atoms with van der Waals surface area (Å²) < 4.78 is 25.0. The van der Waals surface area contributed by atoms with Crippen molar-refractivity contribution in [3.8, 4) is 0 Å². The van der Waals surface area contributed by atoms with Gasteiger partial charge in [-0.15, -0.1) is 0 Å². The van der Waals surface area contributed by atoms with Crippen LogP contribution in [0.5, 0.6) is 0 Å². The minimum absolute atomic E-state index is 0.0820. The SMILES string of the molecule is CCCCCCCCCCC(=O)N1CC(S(=O)(=O)c2ccc(Cl)cc2)C1. The lowest BCUT2D eigenvalue weighted by molar-refractivity contribution is -0.134. The summed E-state index contributed by atoms with van der Waals surface area (Å²) in [6, 6.07) is 6.22. The van der Waals surface area contributed by atoms with Crippen LogP contribution in [0.4, 0.5) is 0 Å². The van der Waals surface area contributed by atoms with Gasteiger partial charge >= 0.3 is 0 Å². The molecular formula is C20H30ClNO3S. The number of sulfone groups is 1. The van der Waals surface area contributed by atoms with Crippen LogP contribution >= 0.6 is 11.6 Å². The maximum atomic E-state index is 12.5. The molecule has 146 valence electrons. The number of hydrogen-bond acceptors (Lipinski definition) is 3. The highest BCUT2D eigenvalue weighted by atomic mass is 35.5. The first-order valence-electron chi connectivity index (χ1n) is 9.72. The second-order valence-electron chi connectivity index (χ2n) is 7.14. The van der Waals surface area contributed by atoms with Crippen molar-refractivity contribution in [1.29, 1.82) is 0 Å². The Balaban J connectivity index is 1.64. The summed E-state index contributed by atoms with van der Waals surface area (Å²) in [5.74, 6) is 0.0820. The molecular weight excluding hydrogens is 370 g/mol. The van der Waals surface area contributed by atoms with Crippen molar-refractivity contribution < 1.29 is 13.2 Å². The van der Waals surface area contributed by atoms with Gasteiger partial charge in [0.25, 0.3) is 0 Å². The molecule has 1 amide bonds. The van der Waals surface area contributed by atoms with Gasteiger partial charge in [0, 0.05) is 24.5 Å². The average Bonchev–Trinajstić information content (AvgIpc) is 2.56. The van der Waals surface area contributed by atoms with E-state index in [1.54, 1.807) is 17.0 Å². The molecule has 1 heterocycles. The van der Waals surface area contributed by atoms with Crippen LogP contribution in [0.2, 0.25) is 5.02 Å². The molecule has 0 aliphatic carbocycles. The molecule has 0 aromatic heterocycles. The molecule has 1 aromatic carbocycles. The summed E-state index contributed by atoms with van der Waals surface area (Å²) in [5, 5.41) is 0.0194. The van der Waals surface area contributed by atoms with E-state index in [9.17, 15) is 13.2 Å². The Hall–Kier alpha value is -1.07. The smallest absolute Gasteiger partial charge is 0.222 e. The molecule has 2 rings (SSSR count). The molecule has 6 heteroatoms. The van der Waals surface area contributed by atoms with Crippen LogP contribution in [-0.4, -0.2) is 37.6 Å². The van der Waals surface area contributed by atoms with E-state index in [1.165, 1.54) is 50.7 Å². The van der Waals surface area contributed by atoms with Gasteiger partial charge in [0.15, 0.2) is 9.84 Å². The predicted octanol–water partition coefficient (Wildman–Crippen LogP) is 4.86. The maximum Gasteiger partial charge on any atom is 0.222 e. The van der Waals surface area contributed by atoms with E-state index in [0.717, 1.165) is 12.8 Å². The van der Waals surface area contributed by atoms with Crippen LogP contribution in [-0.2, 0) is 14.6 Å². The lowest BCUT2D eigenvalue weighted by atomic mass is 10.1. The summed E-state index contributed by atoms with van der Waals surface area (Å²) in [6.07, 6.45) is 10.1. The minimum Gasteiger partial charge on any atom is -0.340 e. The third-order valence-electron chi connectivity index (χ3n) is 5.03. The zero-order valence-corrected chi connectivity index (χ0v) is 17.2. The summed E-state index contributed by atoms with van der Waals surface area (Å²) in [5.41, 5.74) is 0. The quantitative estimate of drug-likeness (QED) is 0.499. The third-order valence-corrected chi connectivity index (χ3v) is 7.38. The van der Waals surface area contributed by atoms with Crippen molar-refractivity contribution in [1.82, 2.24) is 4.90 Å². The van der Waals surface area contributed by atoms with Crippen molar-refractivity contribution in [2.45, 2.75) is 74.9 Å². The van der Waals surface area contributed by atoms with E-state index >= 15 is 0 Å². The molecule has 0 spiro atoms. The topological polar surface area (TPSA) is 54.5 Å². The largest absolute Gasteiger partial charge is 0.340 e. The van der Waals surface area contributed by atoms with Gasteiger partial charge in [0.1, 0.15) is 5.25 Å². The predicted molar refractivity (Wildman–Crippen MR) is 106 cm³/mol. The van der Waals surface area contributed by atoms with Crippen molar-refractivity contribution in [2.24, 2.45) is 0 Å². The molecule has 26 heavy (non-hydrogen) atoms. The highest BCUT2D eigenvalue weighted by Gasteiger charge is 2.40.